The number of nitrogens with zero attached hydrogens (tertiary/aromatic N) is 1. The van der Waals surface area contributed by atoms with Crippen LogP contribution in [0.15, 0.2) is 77.7 Å². The normalized spacial score (nSPS) is 14.4. The molecule has 176 valence electrons. The molecule has 1 fully saturated rings. The van der Waals surface area contributed by atoms with Gasteiger partial charge in [0.2, 0.25) is 10.0 Å². The summed E-state index contributed by atoms with van der Waals surface area (Å²) < 4.78 is 32.5. The van der Waals surface area contributed by atoms with Gasteiger partial charge in [-0.2, -0.15) is 4.31 Å². The van der Waals surface area contributed by atoms with Crippen LogP contribution < -0.4 is 10.6 Å². The molecule has 0 radical (unpaired) electrons. The molecule has 2 amide bonds. The topological polar surface area (TPSA) is 105 Å². The summed E-state index contributed by atoms with van der Waals surface area (Å²) in [5.41, 5.74) is 2.43. The standard InChI is InChI=1S/C25H25N3O5S/c1-18-6-4-8-20(16-18)26-25(30)22-10-2-3-11-23(22)27-24(29)19-7-5-9-21(17-19)34(31,32)28-12-14-33-15-13-28/h2-11,16-17H,12-15H2,1H3,(H,26,30)(H,27,29). The maximum absolute atomic E-state index is 13.0. The fourth-order valence-corrected chi connectivity index (χ4v) is 5.09. The van der Waals surface area contributed by atoms with E-state index in [0.717, 1.165) is 5.56 Å². The van der Waals surface area contributed by atoms with Crippen molar-refractivity contribution in [2.75, 3.05) is 36.9 Å². The van der Waals surface area contributed by atoms with Crippen LogP contribution in [0.5, 0.6) is 0 Å². The second-order valence-electron chi connectivity index (χ2n) is 7.87. The first-order valence-corrected chi connectivity index (χ1v) is 12.2. The quantitative estimate of drug-likeness (QED) is 0.563. The minimum Gasteiger partial charge on any atom is -0.379 e. The van der Waals surface area contributed by atoms with E-state index in [1.54, 1.807) is 30.3 Å². The third-order valence-corrected chi connectivity index (χ3v) is 7.29. The molecule has 3 aromatic rings. The smallest absolute Gasteiger partial charge is 0.257 e. The maximum atomic E-state index is 13.0. The highest BCUT2D eigenvalue weighted by molar-refractivity contribution is 7.89. The van der Waals surface area contributed by atoms with E-state index in [2.05, 4.69) is 10.6 Å². The molecular weight excluding hydrogens is 454 g/mol. The number of para-hydroxylation sites is 1. The number of nitrogens with one attached hydrogen (secondary N) is 2. The molecule has 1 aliphatic heterocycles. The third kappa shape index (κ3) is 5.33. The highest BCUT2D eigenvalue weighted by Crippen LogP contribution is 2.21. The molecule has 1 heterocycles. The Morgan fingerprint density at radius 1 is 0.853 bits per heavy atom. The molecule has 0 bridgehead atoms. The fourth-order valence-electron chi connectivity index (χ4n) is 3.64. The number of hydrogen-bond acceptors (Lipinski definition) is 5. The lowest BCUT2D eigenvalue weighted by Gasteiger charge is -2.26. The van der Waals surface area contributed by atoms with Crippen molar-refractivity contribution in [1.82, 2.24) is 4.31 Å². The molecule has 8 nitrogen and oxygen atoms in total. The van der Waals surface area contributed by atoms with Crippen molar-refractivity contribution in [2.45, 2.75) is 11.8 Å². The molecule has 0 saturated carbocycles. The summed E-state index contributed by atoms with van der Waals surface area (Å²) in [6, 6.07) is 19.9. The van der Waals surface area contributed by atoms with Crippen molar-refractivity contribution in [3.8, 4) is 0 Å². The number of hydrogen-bond donors (Lipinski definition) is 2. The van der Waals surface area contributed by atoms with Gasteiger partial charge in [-0.3, -0.25) is 9.59 Å². The number of sulfonamides is 1. The van der Waals surface area contributed by atoms with Gasteiger partial charge >= 0.3 is 0 Å². The third-order valence-electron chi connectivity index (χ3n) is 5.40. The van der Waals surface area contributed by atoms with Crippen LogP contribution in [0, 0.1) is 6.92 Å². The zero-order valence-electron chi connectivity index (χ0n) is 18.7. The SMILES string of the molecule is Cc1cccc(NC(=O)c2ccccc2NC(=O)c2cccc(S(=O)(=O)N3CCOCC3)c2)c1. The Morgan fingerprint density at radius 3 is 2.35 bits per heavy atom. The maximum Gasteiger partial charge on any atom is 0.257 e. The number of morpholine rings is 1. The Kier molecular flexibility index (Phi) is 7.06. The van der Waals surface area contributed by atoms with Crippen molar-refractivity contribution in [3.05, 3.63) is 89.5 Å². The number of benzene rings is 3. The van der Waals surface area contributed by atoms with Crippen LogP contribution in [0.4, 0.5) is 11.4 Å². The van der Waals surface area contributed by atoms with Crippen molar-refractivity contribution >= 4 is 33.2 Å². The van der Waals surface area contributed by atoms with E-state index in [9.17, 15) is 18.0 Å². The predicted molar refractivity (Wildman–Crippen MR) is 130 cm³/mol. The van der Waals surface area contributed by atoms with Crippen molar-refractivity contribution in [2.24, 2.45) is 0 Å². The number of anilines is 2. The molecule has 0 aromatic heterocycles. The molecule has 2 N–H and O–H groups in total. The number of ether oxygens (including phenoxy) is 1. The van der Waals surface area contributed by atoms with Gasteiger partial charge < -0.3 is 15.4 Å². The van der Waals surface area contributed by atoms with E-state index in [4.69, 9.17) is 4.74 Å². The van der Waals surface area contributed by atoms with Crippen LogP contribution in [0.3, 0.4) is 0 Å². The average Bonchev–Trinajstić information content (AvgIpc) is 2.85. The van der Waals surface area contributed by atoms with E-state index in [1.165, 1.54) is 28.6 Å². The van der Waals surface area contributed by atoms with Gasteiger partial charge in [-0.15, -0.1) is 0 Å². The lowest BCUT2D eigenvalue weighted by molar-refractivity contribution is 0.0730. The predicted octanol–water partition coefficient (Wildman–Crippen LogP) is 3.52. The Labute approximate surface area is 198 Å². The number of amides is 2. The Hall–Kier alpha value is -3.53. The van der Waals surface area contributed by atoms with Crippen molar-refractivity contribution < 1.29 is 22.7 Å². The monoisotopic (exact) mass is 479 g/mol. The highest BCUT2D eigenvalue weighted by atomic mass is 32.2. The minimum atomic E-state index is -3.74. The second-order valence-corrected chi connectivity index (χ2v) is 9.81. The van der Waals surface area contributed by atoms with E-state index < -0.39 is 15.9 Å². The zero-order valence-corrected chi connectivity index (χ0v) is 19.5. The average molecular weight is 480 g/mol. The molecule has 1 aliphatic rings. The molecule has 0 unspecified atom stereocenters. The first kappa shape index (κ1) is 23.6. The summed E-state index contributed by atoms with van der Waals surface area (Å²) in [6.07, 6.45) is 0. The summed E-state index contributed by atoms with van der Waals surface area (Å²) in [4.78, 5) is 25.9. The summed E-state index contributed by atoms with van der Waals surface area (Å²) in [5.74, 6) is -0.889. The molecule has 0 aliphatic carbocycles. The fraction of sp³-hybridized carbons (Fsp3) is 0.200. The van der Waals surface area contributed by atoms with Gasteiger partial charge in [-0.05, 0) is 55.0 Å². The summed E-state index contributed by atoms with van der Waals surface area (Å²) in [6.45, 7) is 3.13. The number of aryl methyl sites for hydroxylation is 1. The molecular formula is C25H25N3O5S. The summed E-state index contributed by atoms with van der Waals surface area (Å²) in [5, 5.41) is 5.57. The molecule has 9 heteroatoms. The van der Waals surface area contributed by atoms with E-state index in [0.29, 0.717) is 24.6 Å². The Morgan fingerprint density at radius 2 is 1.59 bits per heavy atom. The van der Waals surface area contributed by atoms with E-state index in [1.807, 2.05) is 25.1 Å². The first-order chi connectivity index (χ1) is 16.3. The molecule has 1 saturated heterocycles. The van der Waals surface area contributed by atoms with Crippen LogP contribution in [0.2, 0.25) is 0 Å². The number of rotatable bonds is 6. The Balaban J connectivity index is 1.54. The van der Waals surface area contributed by atoms with Gasteiger partial charge in [0.05, 0.1) is 29.4 Å². The highest BCUT2D eigenvalue weighted by Gasteiger charge is 2.27. The lowest BCUT2D eigenvalue weighted by atomic mass is 10.1. The van der Waals surface area contributed by atoms with Crippen LogP contribution in [0.25, 0.3) is 0 Å². The summed E-state index contributed by atoms with van der Waals surface area (Å²) >= 11 is 0. The molecule has 0 spiro atoms. The zero-order chi connectivity index (χ0) is 24.1. The van der Waals surface area contributed by atoms with E-state index in [-0.39, 0.29) is 35.0 Å². The second kappa shape index (κ2) is 10.2. The van der Waals surface area contributed by atoms with Crippen molar-refractivity contribution in [1.29, 1.82) is 0 Å². The van der Waals surface area contributed by atoms with Gasteiger partial charge in [0, 0.05) is 24.3 Å². The molecule has 34 heavy (non-hydrogen) atoms. The van der Waals surface area contributed by atoms with Gasteiger partial charge in [0.15, 0.2) is 0 Å². The lowest BCUT2D eigenvalue weighted by Crippen LogP contribution is -2.40. The summed E-state index contributed by atoms with van der Waals surface area (Å²) in [7, 11) is -3.74. The van der Waals surface area contributed by atoms with Gasteiger partial charge in [0.1, 0.15) is 0 Å². The van der Waals surface area contributed by atoms with E-state index >= 15 is 0 Å². The van der Waals surface area contributed by atoms with Crippen LogP contribution in [-0.2, 0) is 14.8 Å². The van der Waals surface area contributed by atoms with Gasteiger partial charge in [-0.1, -0.05) is 30.3 Å². The van der Waals surface area contributed by atoms with Crippen molar-refractivity contribution in [3.63, 3.8) is 0 Å². The first-order valence-electron chi connectivity index (χ1n) is 10.8. The molecule has 0 atom stereocenters. The molecule has 4 rings (SSSR count). The van der Waals surface area contributed by atoms with Gasteiger partial charge in [0.25, 0.3) is 11.8 Å². The van der Waals surface area contributed by atoms with Crippen LogP contribution in [0.1, 0.15) is 26.3 Å². The van der Waals surface area contributed by atoms with Crippen LogP contribution in [-0.4, -0.2) is 50.8 Å². The largest absolute Gasteiger partial charge is 0.379 e. The van der Waals surface area contributed by atoms with Gasteiger partial charge in [-0.25, -0.2) is 8.42 Å². The molecule has 3 aromatic carbocycles. The number of carbonyl (C=O) groups excluding carboxylic acids is 2. The van der Waals surface area contributed by atoms with Crippen LogP contribution >= 0.6 is 0 Å². The number of carbonyl (C=O) groups is 2. The Bertz CT molecular complexity index is 1320. The minimum absolute atomic E-state index is 0.0347.